The summed E-state index contributed by atoms with van der Waals surface area (Å²) in [5.74, 6) is -0.453. The summed E-state index contributed by atoms with van der Waals surface area (Å²) in [6.07, 6.45) is 0. The van der Waals surface area contributed by atoms with E-state index in [1.807, 2.05) is 54.6 Å². The van der Waals surface area contributed by atoms with Gasteiger partial charge in [-0.15, -0.1) is 12.6 Å². The largest absolute Gasteiger partial charge is 0.333 e. The molecular weight excluding hydrogens is 382 g/mol. The van der Waals surface area contributed by atoms with Gasteiger partial charge in [-0.25, -0.2) is 0 Å². The zero-order valence-corrected chi connectivity index (χ0v) is 17.2. The summed E-state index contributed by atoms with van der Waals surface area (Å²) in [5.41, 5.74) is 12.9. The quantitative estimate of drug-likeness (QED) is 0.458. The molecule has 0 spiro atoms. The van der Waals surface area contributed by atoms with E-state index in [4.69, 9.17) is 5.73 Å². The fraction of sp³-hybridized carbons (Fsp3) is 0.130. The van der Waals surface area contributed by atoms with Crippen molar-refractivity contribution in [3.05, 3.63) is 101 Å². The molecule has 0 bridgehead atoms. The monoisotopic (exact) mass is 407 g/mol. The molecule has 0 aliphatic carbocycles. The highest BCUT2D eigenvalue weighted by Crippen LogP contribution is 2.24. The van der Waals surface area contributed by atoms with E-state index in [1.165, 1.54) is 17.5 Å². The summed E-state index contributed by atoms with van der Waals surface area (Å²) in [6.45, 7) is 0.932. The SMILES string of the molecule is CN.NCc1ccccc1.O=C1c2ccccc2C(=O)N1Cc1ccc(S)cc1. The Morgan fingerprint density at radius 3 is 1.66 bits per heavy atom. The number of nitrogens with zero attached hydrogens (tertiary/aromatic N) is 1. The molecule has 0 fully saturated rings. The van der Waals surface area contributed by atoms with Crippen molar-refractivity contribution in [2.45, 2.75) is 18.0 Å². The second kappa shape index (κ2) is 11.2. The molecule has 0 saturated heterocycles. The van der Waals surface area contributed by atoms with Crippen molar-refractivity contribution in [3.8, 4) is 0 Å². The number of carbonyl (C=O) groups is 2. The molecule has 4 rings (SSSR count). The number of imide groups is 1. The Morgan fingerprint density at radius 1 is 0.724 bits per heavy atom. The Hall–Kier alpha value is -2.93. The first kappa shape index (κ1) is 22.4. The van der Waals surface area contributed by atoms with Gasteiger partial charge in [-0.3, -0.25) is 14.5 Å². The van der Waals surface area contributed by atoms with Gasteiger partial charge in [0.1, 0.15) is 0 Å². The molecule has 0 unspecified atom stereocenters. The van der Waals surface area contributed by atoms with Crippen LogP contribution in [-0.4, -0.2) is 23.8 Å². The molecule has 150 valence electrons. The summed E-state index contributed by atoms with van der Waals surface area (Å²) in [4.78, 5) is 26.5. The lowest BCUT2D eigenvalue weighted by molar-refractivity contribution is 0.0642. The summed E-state index contributed by atoms with van der Waals surface area (Å²) in [5, 5.41) is 0. The first-order valence-electron chi connectivity index (χ1n) is 9.15. The van der Waals surface area contributed by atoms with Crippen molar-refractivity contribution in [3.63, 3.8) is 0 Å². The van der Waals surface area contributed by atoms with Crippen LogP contribution in [0.5, 0.6) is 0 Å². The zero-order chi connectivity index (χ0) is 21.2. The van der Waals surface area contributed by atoms with Crippen LogP contribution in [0, 0.1) is 0 Å². The predicted molar refractivity (Wildman–Crippen MR) is 119 cm³/mol. The Balaban J connectivity index is 0.000000252. The molecule has 3 aromatic rings. The molecule has 2 amide bonds. The minimum absolute atomic E-state index is 0.226. The lowest BCUT2D eigenvalue weighted by Gasteiger charge is -2.13. The highest BCUT2D eigenvalue weighted by molar-refractivity contribution is 7.80. The smallest absolute Gasteiger partial charge is 0.261 e. The number of benzene rings is 3. The number of amides is 2. The van der Waals surface area contributed by atoms with Gasteiger partial charge in [-0.1, -0.05) is 54.6 Å². The lowest BCUT2D eigenvalue weighted by atomic mass is 10.1. The van der Waals surface area contributed by atoms with E-state index in [0.29, 0.717) is 24.2 Å². The Labute approximate surface area is 176 Å². The number of thiol groups is 1. The zero-order valence-electron chi connectivity index (χ0n) is 16.3. The average molecular weight is 408 g/mol. The van der Waals surface area contributed by atoms with Crippen LogP contribution in [0.25, 0.3) is 0 Å². The van der Waals surface area contributed by atoms with Crippen molar-refractivity contribution in [1.29, 1.82) is 0 Å². The van der Waals surface area contributed by atoms with Gasteiger partial charge >= 0.3 is 0 Å². The van der Waals surface area contributed by atoms with E-state index in [9.17, 15) is 9.59 Å². The average Bonchev–Trinajstić information content (AvgIpc) is 3.03. The second-order valence-corrected chi connectivity index (χ2v) is 6.61. The number of nitrogens with two attached hydrogens (primary N) is 2. The summed E-state index contributed by atoms with van der Waals surface area (Å²) in [7, 11) is 1.50. The van der Waals surface area contributed by atoms with E-state index >= 15 is 0 Å². The molecule has 4 N–H and O–H groups in total. The molecule has 0 radical (unpaired) electrons. The second-order valence-electron chi connectivity index (χ2n) is 6.10. The van der Waals surface area contributed by atoms with Crippen LogP contribution in [0.1, 0.15) is 31.8 Å². The highest BCUT2D eigenvalue weighted by atomic mass is 32.1. The van der Waals surface area contributed by atoms with Crippen LogP contribution in [0.4, 0.5) is 0 Å². The van der Waals surface area contributed by atoms with E-state index < -0.39 is 0 Å². The molecule has 3 aromatic carbocycles. The van der Waals surface area contributed by atoms with Gasteiger partial charge in [0.15, 0.2) is 0 Å². The van der Waals surface area contributed by atoms with Gasteiger partial charge < -0.3 is 11.5 Å². The van der Waals surface area contributed by atoms with Crippen LogP contribution in [0.3, 0.4) is 0 Å². The summed E-state index contributed by atoms with van der Waals surface area (Å²) in [6, 6.07) is 24.3. The fourth-order valence-electron chi connectivity index (χ4n) is 2.78. The van der Waals surface area contributed by atoms with Crippen LogP contribution in [0.15, 0.2) is 83.8 Å². The Kier molecular flexibility index (Phi) is 8.61. The van der Waals surface area contributed by atoms with Gasteiger partial charge in [0.2, 0.25) is 0 Å². The standard InChI is InChI=1S/C15H11NO2S.C7H9N.CH5N/c17-14-12-3-1-2-4-13(12)15(18)16(14)9-10-5-7-11(19)8-6-10;8-6-7-4-2-1-3-5-7;1-2/h1-8,19H,9H2;1-5H,6,8H2;2H2,1H3. The molecule has 6 heteroatoms. The van der Waals surface area contributed by atoms with Crippen LogP contribution in [0.2, 0.25) is 0 Å². The fourth-order valence-corrected chi connectivity index (χ4v) is 2.93. The van der Waals surface area contributed by atoms with Gasteiger partial charge in [0.25, 0.3) is 11.8 Å². The third-order valence-corrected chi connectivity index (χ3v) is 4.53. The van der Waals surface area contributed by atoms with Gasteiger partial charge in [-0.2, -0.15) is 0 Å². The third-order valence-electron chi connectivity index (χ3n) is 4.23. The van der Waals surface area contributed by atoms with Crippen molar-refractivity contribution in [1.82, 2.24) is 4.90 Å². The van der Waals surface area contributed by atoms with E-state index in [0.717, 1.165) is 10.5 Å². The Bertz CT molecular complexity index is 909. The molecule has 1 heterocycles. The van der Waals surface area contributed by atoms with Gasteiger partial charge in [-0.05, 0) is 42.4 Å². The summed E-state index contributed by atoms with van der Waals surface area (Å²) < 4.78 is 0. The first-order valence-corrected chi connectivity index (χ1v) is 9.59. The molecule has 0 saturated carbocycles. The highest BCUT2D eigenvalue weighted by Gasteiger charge is 2.34. The molecule has 1 aliphatic rings. The van der Waals surface area contributed by atoms with E-state index in [1.54, 1.807) is 24.3 Å². The number of fused-ring (bicyclic) bond motifs is 1. The van der Waals surface area contributed by atoms with Gasteiger partial charge in [0, 0.05) is 11.4 Å². The van der Waals surface area contributed by atoms with Crippen molar-refractivity contribution >= 4 is 24.4 Å². The minimum atomic E-state index is -0.226. The number of rotatable bonds is 3. The maximum atomic E-state index is 12.2. The van der Waals surface area contributed by atoms with Crippen LogP contribution in [-0.2, 0) is 13.1 Å². The van der Waals surface area contributed by atoms with Crippen LogP contribution < -0.4 is 11.5 Å². The number of hydrogen-bond acceptors (Lipinski definition) is 5. The maximum absolute atomic E-state index is 12.2. The van der Waals surface area contributed by atoms with E-state index in [-0.39, 0.29) is 11.8 Å². The summed E-state index contributed by atoms with van der Waals surface area (Å²) >= 11 is 4.21. The minimum Gasteiger partial charge on any atom is -0.333 e. The molecule has 29 heavy (non-hydrogen) atoms. The third kappa shape index (κ3) is 5.77. The topological polar surface area (TPSA) is 89.4 Å². The number of carbonyl (C=O) groups excluding carboxylic acids is 2. The van der Waals surface area contributed by atoms with Crippen molar-refractivity contribution in [2.24, 2.45) is 11.5 Å². The van der Waals surface area contributed by atoms with Crippen LogP contribution >= 0.6 is 12.6 Å². The van der Waals surface area contributed by atoms with Crippen molar-refractivity contribution < 1.29 is 9.59 Å². The first-order chi connectivity index (χ1) is 14.1. The molecule has 0 aromatic heterocycles. The molecule has 5 nitrogen and oxygen atoms in total. The molecular formula is C23H25N3O2S. The molecule has 1 aliphatic heterocycles. The maximum Gasteiger partial charge on any atom is 0.261 e. The number of hydrogen-bond donors (Lipinski definition) is 3. The predicted octanol–water partition coefficient (Wildman–Crippen LogP) is 3.49. The van der Waals surface area contributed by atoms with Crippen molar-refractivity contribution in [2.75, 3.05) is 7.05 Å². The normalized spacial score (nSPS) is 11.8. The lowest BCUT2D eigenvalue weighted by Crippen LogP contribution is -2.29. The van der Waals surface area contributed by atoms with E-state index in [2.05, 4.69) is 18.4 Å². The molecule has 0 atom stereocenters. The van der Waals surface area contributed by atoms with Gasteiger partial charge in [0.05, 0.1) is 17.7 Å². The Morgan fingerprint density at radius 2 is 1.21 bits per heavy atom.